The van der Waals surface area contributed by atoms with Crippen molar-refractivity contribution in [3.63, 3.8) is 0 Å². The Morgan fingerprint density at radius 2 is 2.22 bits per heavy atom. The molecule has 4 nitrogen and oxygen atoms in total. The first kappa shape index (κ1) is 15.4. The lowest BCUT2D eigenvalue weighted by molar-refractivity contribution is 0.203. The van der Waals surface area contributed by atoms with Crippen LogP contribution < -0.4 is 10.6 Å². The highest BCUT2D eigenvalue weighted by molar-refractivity contribution is 9.10. The van der Waals surface area contributed by atoms with Crippen LogP contribution in [0.15, 0.2) is 22.7 Å². The van der Waals surface area contributed by atoms with Crippen molar-refractivity contribution in [1.29, 1.82) is 0 Å². The molecule has 0 saturated heterocycles. The molecule has 1 aromatic carbocycles. The molecule has 6 heteroatoms. The predicted molar refractivity (Wildman–Crippen MR) is 81.2 cm³/mol. The van der Waals surface area contributed by atoms with Crippen LogP contribution in [0.2, 0.25) is 0 Å². The van der Waals surface area contributed by atoms with Gasteiger partial charge in [-0.15, -0.1) is 0 Å². The lowest BCUT2D eigenvalue weighted by Gasteiger charge is -2.24. The third-order valence-corrected chi connectivity index (χ3v) is 3.39. The van der Waals surface area contributed by atoms with Crippen molar-refractivity contribution in [2.24, 2.45) is 5.73 Å². The first-order valence-corrected chi connectivity index (χ1v) is 6.74. The minimum absolute atomic E-state index is 0.0956. The SMILES string of the molecule is COCCN(CCO)c1ccc(C(N)=S)c(Br)c1. The summed E-state index contributed by atoms with van der Waals surface area (Å²) in [5, 5.41) is 9.07. The Labute approximate surface area is 121 Å². The average molecular weight is 333 g/mol. The summed E-state index contributed by atoms with van der Waals surface area (Å²) >= 11 is 8.40. The number of methoxy groups -OCH3 is 1. The second kappa shape index (κ2) is 7.68. The van der Waals surface area contributed by atoms with Crippen LogP contribution >= 0.6 is 28.1 Å². The molecule has 0 aromatic heterocycles. The van der Waals surface area contributed by atoms with Crippen LogP contribution in [0.5, 0.6) is 0 Å². The summed E-state index contributed by atoms with van der Waals surface area (Å²) in [7, 11) is 1.66. The zero-order valence-corrected chi connectivity index (χ0v) is 12.6. The molecular formula is C12H17BrN2O2S. The number of anilines is 1. The number of aliphatic hydroxyl groups excluding tert-OH is 1. The van der Waals surface area contributed by atoms with Gasteiger partial charge in [0.25, 0.3) is 0 Å². The summed E-state index contributed by atoms with van der Waals surface area (Å²) < 4.78 is 5.91. The molecule has 1 rings (SSSR count). The van der Waals surface area contributed by atoms with E-state index >= 15 is 0 Å². The minimum atomic E-state index is 0.0956. The lowest BCUT2D eigenvalue weighted by atomic mass is 10.2. The van der Waals surface area contributed by atoms with Crippen molar-refractivity contribution in [2.75, 3.05) is 38.3 Å². The number of ether oxygens (including phenoxy) is 1. The molecule has 0 bridgehead atoms. The fraction of sp³-hybridized carbons (Fsp3) is 0.417. The van der Waals surface area contributed by atoms with E-state index in [1.165, 1.54) is 0 Å². The molecule has 3 N–H and O–H groups in total. The fourth-order valence-electron chi connectivity index (χ4n) is 1.59. The van der Waals surface area contributed by atoms with E-state index in [2.05, 4.69) is 15.9 Å². The van der Waals surface area contributed by atoms with Gasteiger partial charge in [0.15, 0.2) is 0 Å². The molecule has 0 aliphatic rings. The van der Waals surface area contributed by atoms with Gasteiger partial charge >= 0.3 is 0 Å². The molecule has 0 heterocycles. The van der Waals surface area contributed by atoms with Crippen molar-refractivity contribution < 1.29 is 9.84 Å². The third kappa shape index (κ3) is 4.20. The summed E-state index contributed by atoms with van der Waals surface area (Å²) in [6.07, 6.45) is 0. The summed E-state index contributed by atoms with van der Waals surface area (Å²) in [6, 6.07) is 5.75. The van der Waals surface area contributed by atoms with Gasteiger partial charge in [-0.1, -0.05) is 12.2 Å². The highest BCUT2D eigenvalue weighted by Crippen LogP contribution is 2.24. The molecule has 0 saturated carbocycles. The Balaban J connectivity index is 2.91. The lowest BCUT2D eigenvalue weighted by Crippen LogP contribution is -2.30. The largest absolute Gasteiger partial charge is 0.395 e. The number of rotatable bonds is 7. The molecule has 1 aromatic rings. The van der Waals surface area contributed by atoms with Crippen LogP contribution in [0.1, 0.15) is 5.56 Å². The average Bonchev–Trinajstić information content (AvgIpc) is 2.33. The number of hydrogen-bond donors (Lipinski definition) is 2. The van der Waals surface area contributed by atoms with E-state index in [0.29, 0.717) is 18.1 Å². The number of thiocarbonyl (C=S) groups is 1. The maximum atomic E-state index is 9.07. The van der Waals surface area contributed by atoms with Crippen LogP contribution in [0.25, 0.3) is 0 Å². The quantitative estimate of drug-likeness (QED) is 0.741. The summed E-state index contributed by atoms with van der Waals surface area (Å²) in [4.78, 5) is 2.40. The van der Waals surface area contributed by atoms with Gasteiger partial charge in [-0.3, -0.25) is 0 Å². The molecule has 0 amide bonds. The Bertz CT molecular complexity index is 415. The van der Waals surface area contributed by atoms with Crippen LogP contribution in [-0.4, -0.2) is 43.5 Å². The smallest absolute Gasteiger partial charge is 0.105 e. The van der Waals surface area contributed by atoms with Crippen LogP contribution in [-0.2, 0) is 4.74 Å². The van der Waals surface area contributed by atoms with Crippen molar-refractivity contribution >= 4 is 38.8 Å². The van der Waals surface area contributed by atoms with Crippen LogP contribution in [0.4, 0.5) is 5.69 Å². The van der Waals surface area contributed by atoms with Gasteiger partial charge < -0.3 is 20.5 Å². The predicted octanol–water partition coefficient (Wildman–Crippen LogP) is 1.53. The number of aliphatic hydroxyl groups is 1. The van der Waals surface area contributed by atoms with Gasteiger partial charge in [-0.25, -0.2) is 0 Å². The third-order valence-electron chi connectivity index (χ3n) is 2.52. The molecule has 0 aliphatic carbocycles. The van der Waals surface area contributed by atoms with Crippen molar-refractivity contribution in [2.45, 2.75) is 0 Å². The number of halogens is 1. The normalized spacial score (nSPS) is 10.4. The van der Waals surface area contributed by atoms with E-state index in [9.17, 15) is 0 Å². The van der Waals surface area contributed by atoms with E-state index in [-0.39, 0.29) is 6.61 Å². The van der Waals surface area contributed by atoms with E-state index in [4.69, 9.17) is 27.8 Å². The summed E-state index contributed by atoms with van der Waals surface area (Å²) in [6.45, 7) is 1.98. The van der Waals surface area contributed by atoms with Gasteiger partial charge in [0.05, 0.1) is 13.2 Å². The highest BCUT2D eigenvalue weighted by Gasteiger charge is 2.09. The topological polar surface area (TPSA) is 58.7 Å². The van der Waals surface area contributed by atoms with E-state index in [0.717, 1.165) is 22.3 Å². The zero-order chi connectivity index (χ0) is 13.5. The molecule has 0 unspecified atom stereocenters. The summed E-state index contributed by atoms with van der Waals surface area (Å²) in [5.41, 5.74) is 7.41. The molecular weight excluding hydrogens is 316 g/mol. The monoisotopic (exact) mass is 332 g/mol. The zero-order valence-electron chi connectivity index (χ0n) is 10.2. The van der Waals surface area contributed by atoms with Crippen molar-refractivity contribution in [3.05, 3.63) is 28.2 Å². The first-order chi connectivity index (χ1) is 8.60. The second-order valence-electron chi connectivity index (χ2n) is 3.73. The molecule has 0 atom stereocenters. The van der Waals surface area contributed by atoms with E-state index < -0.39 is 0 Å². The highest BCUT2D eigenvalue weighted by atomic mass is 79.9. The standard InChI is InChI=1S/C12H17BrN2O2S/c1-17-7-5-15(4-6-16)9-2-3-10(12(14)18)11(13)8-9/h2-3,8,16H,4-7H2,1H3,(H2,14,18). The van der Waals surface area contributed by atoms with Gasteiger partial charge in [0.1, 0.15) is 4.99 Å². The van der Waals surface area contributed by atoms with Gasteiger partial charge in [0, 0.05) is 35.9 Å². The molecule has 0 radical (unpaired) electrons. The number of nitrogens with zero attached hydrogens (tertiary/aromatic N) is 1. The maximum Gasteiger partial charge on any atom is 0.105 e. The van der Waals surface area contributed by atoms with Crippen molar-refractivity contribution in [3.8, 4) is 0 Å². The maximum absolute atomic E-state index is 9.07. The molecule has 0 fully saturated rings. The van der Waals surface area contributed by atoms with Gasteiger partial charge in [0.2, 0.25) is 0 Å². The fourth-order valence-corrected chi connectivity index (χ4v) is 2.48. The van der Waals surface area contributed by atoms with E-state index in [1.807, 2.05) is 23.1 Å². The van der Waals surface area contributed by atoms with Crippen LogP contribution in [0.3, 0.4) is 0 Å². The van der Waals surface area contributed by atoms with Gasteiger partial charge in [-0.2, -0.15) is 0 Å². The summed E-state index contributed by atoms with van der Waals surface area (Å²) in [5.74, 6) is 0. The Morgan fingerprint density at radius 3 is 2.72 bits per heavy atom. The van der Waals surface area contributed by atoms with Crippen molar-refractivity contribution in [1.82, 2.24) is 0 Å². The molecule has 18 heavy (non-hydrogen) atoms. The molecule has 100 valence electrons. The number of hydrogen-bond acceptors (Lipinski definition) is 4. The minimum Gasteiger partial charge on any atom is -0.395 e. The van der Waals surface area contributed by atoms with E-state index in [1.54, 1.807) is 7.11 Å². The number of benzene rings is 1. The second-order valence-corrected chi connectivity index (χ2v) is 5.03. The Hall–Kier alpha value is -0.690. The van der Waals surface area contributed by atoms with Gasteiger partial charge in [-0.05, 0) is 34.1 Å². The molecule has 0 spiro atoms. The Morgan fingerprint density at radius 1 is 1.50 bits per heavy atom. The first-order valence-electron chi connectivity index (χ1n) is 5.54. The molecule has 0 aliphatic heterocycles. The number of nitrogens with two attached hydrogens (primary N) is 1. The Kier molecular flexibility index (Phi) is 6.56. The van der Waals surface area contributed by atoms with Crippen LogP contribution in [0, 0.1) is 0 Å².